The van der Waals surface area contributed by atoms with Gasteiger partial charge in [0.05, 0.1) is 10.9 Å². The number of hydrogen-bond acceptors (Lipinski definition) is 3. The van der Waals surface area contributed by atoms with Gasteiger partial charge in [-0.15, -0.1) is 0 Å². The minimum absolute atomic E-state index is 0.159. The van der Waals surface area contributed by atoms with E-state index in [1.54, 1.807) is 25.1 Å². The Balaban J connectivity index is 1.81. The summed E-state index contributed by atoms with van der Waals surface area (Å²) in [5.41, 5.74) is 1.38. The molecule has 0 spiro atoms. The molecule has 0 saturated heterocycles. The highest BCUT2D eigenvalue weighted by molar-refractivity contribution is 7.89. The van der Waals surface area contributed by atoms with Crippen LogP contribution < -0.4 is 10.0 Å². The fourth-order valence-electron chi connectivity index (χ4n) is 2.58. The number of amides is 1. The second kappa shape index (κ2) is 8.26. The predicted molar refractivity (Wildman–Crippen MR) is 90.4 cm³/mol. The summed E-state index contributed by atoms with van der Waals surface area (Å²) in [6.45, 7) is 2.10. The summed E-state index contributed by atoms with van der Waals surface area (Å²) in [6.07, 6.45) is 7.77. The van der Waals surface area contributed by atoms with Gasteiger partial charge in [0.25, 0.3) is 0 Å². The minimum atomic E-state index is -3.67. The van der Waals surface area contributed by atoms with Crippen LogP contribution in [-0.4, -0.2) is 26.9 Å². The van der Waals surface area contributed by atoms with Crippen molar-refractivity contribution in [2.75, 3.05) is 6.54 Å². The van der Waals surface area contributed by atoms with E-state index in [0.29, 0.717) is 6.54 Å². The SMILES string of the molecule is CC(NS(=O)(=O)c1ccccc1)C(=O)NCCC1=CCCCC1. The zero-order valence-corrected chi connectivity index (χ0v) is 14.2. The Kier molecular flexibility index (Phi) is 6.36. The van der Waals surface area contributed by atoms with Gasteiger partial charge in [-0.25, -0.2) is 8.42 Å². The molecule has 126 valence electrons. The van der Waals surface area contributed by atoms with Gasteiger partial charge in [0.1, 0.15) is 0 Å². The van der Waals surface area contributed by atoms with Gasteiger partial charge in [-0.1, -0.05) is 29.8 Å². The van der Waals surface area contributed by atoms with E-state index in [-0.39, 0.29) is 10.8 Å². The first-order valence-corrected chi connectivity index (χ1v) is 9.50. The van der Waals surface area contributed by atoms with E-state index in [1.807, 2.05) is 0 Å². The van der Waals surface area contributed by atoms with Crippen LogP contribution in [0.4, 0.5) is 0 Å². The summed E-state index contributed by atoms with van der Waals surface area (Å²) < 4.78 is 26.7. The average Bonchev–Trinajstić information content (AvgIpc) is 2.56. The molecule has 0 fully saturated rings. The van der Waals surface area contributed by atoms with Crippen LogP contribution in [0.3, 0.4) is 0 Å². The van der Waals surface area contributed by atoms with Gasteiger partial charge in [-0.05, 0) is 51.2 Å². The van der Waals surface area contributed by atoms with Crippen LogP contribution in [-0.2, 0) is 14.8 Å². The lowest BCUT2D eigenvalue weighted by Crippen LogP contribution is -2.45. The van der Waals surface area contributed by atoms with E-state index in [4.69, 9.17) is 0 Å². The van der Waals surface area contributed by atoms with Gasteiger partial charge >= 0.3 is 0 Å². The number of sulfonamides is 1. The molecule has 2 rings (SSSR count). The predicted octanol–water partition coefficient (Wildman–Crippen LogP) is 2.36. The van der Waals surface area contributed by atoms with E-state index in [0.717, 1.165) is 19.3 Å². The van der Waals surface area contributed by atoms with Crippen LogP contribution in [0, 0.1) is 0 Å². The highest BCUT2D eigenvalue weighted by atomic mass is 32.2. The van der Waals surface area contributed by atoms with Crippen molar-refractivity contribution in [3.8, 4) is 0 Å². The van der Waals surface area contributed by atoms with Gasteiger partial charge in [0.15, 0.2) is 0 Å². The molecule has 0 aliphatic heterocycles. The second-order valence-corrected chi connectivity index (χ2v) is 7.52. The van der Waals surface area contributed by atoms with Crippen molar-refractivity contribution in [2.45, 2.75) is 50.0 Å². The lowest BCUT2D eigenvalue weighted by atomic mass is 9.97. The number of carbonyl (C=O) groups is 1. The molecule has 1 aliphatic rings. The Morgan fingerprint density at radius 2 is 1.96 bits per heavy atom. The van der Waals surface area contributed by atoms with Crippen molar-refractivity contribution >= 4 is 15.9 Å². The highest BCUT2D eigenvalue weighted by Gasteiger charge is 2.21. The van der Waals surface area contributed by atoms with E-state index in [9.17, 15) is 13.2 Å². The third-order valence-corrected chi connectivity index (χ3v) is 5.47. The summed E-state index contributed by atoms with van der Waals surface area (Å²) in [5.74, 6) is -0.305. The number of benzene rings is 1. The van der Waals surface area contributed by atoms with Crippen molar-refractivity contribution in [1.29, 1.82) is 0 Å². The lowest BCUT2D eigenvalue weighted by molar-refractivity contribution is -0.122. The maximum atomic E-state index is 12.2. The smallest absolute Gasteiger partial charge is 0.241 e. The van der Waals surface area contributed by atoms with Crippen molar-refractivity contribution in [2.24, 2.45) is 0 Å². The Morgan fingerprint density at radius 1 is 1.22 bits per heavy atom. The second-order valence-electron chi connectivity index (χ2n) is 5.81. The molecule has 0 aromatic heterocycles. The van der Waals surface area contributed by atoms with Crippen LogP contribution in [0.1, 0.15) is 39.0 Å². The fraction of sp³-hybridized carbons (Fsp3) is 0.471. The molecule has 0 heterocycles. The monoisotopic (exact) mass is 336 g/mol. The molecule has 1 aromatic rings. The normalized spacial score (nSPS) is 16.5. The first-order chi connectivity index (χ1) is 11.0. The first kappa shape index (κ1) is 17.7. The highest BCUT2D eigenvalue weighted by Crippen LogP contribution is 2.19. The van der Waals surface area contributed by atoms with Gasteiger partial charge in [0, 0.05) is 6.54 Å². The summed E-state index contributed by atoms with van der Waals surface area (Å²) in [6, 6.07) is 7.25. The molecule has 5 nitrogen and oxygen atoms in total. The van der Waals surface area contributed by atoms with Crippen LogP contribution in [0.15, 0.2) is 46.9 Å². The van der Waals surface area contributed by atoms with Gasteiger partial charge in [-0.3, -0.25) is 4.79 Å². The maximum Gasteiger partial charge on any atom is 0.241 e. The van der Waals surface area contributed by atoms with Crippen LogP contribution in [0.25, 0.3) is 0 Å². The van der Waals surface area contributed by atoms with E-state index >= 15 is 0 Å². The third-order valence-electron chi connectivity index (χ3n) is 3.91. The quantitative estimate of drug-likeness (QED) is 0.751. The molecule has 1 atom stereocenters. The molecule has 0 radical (unpaired) electrons. The van der Waals surface area contributed by atoms with Crippen LogP contribution in [0.2, 0.25) is 0 Å². The number of hydrogen-bond donors (Lipinski definition) is 2. The van der Waals surface area contributed by atoms with Gasteiger partial charge < -0.3 is 5.32 Å². The molecule has 1 aliphatic carbocycles. The minimum Gasteiger partial charge on any atom is -0.354 e. The van der Waals surface area contributed by atoms with Crippen molar-refractivity contribution < 1.29 is 13.2 Å². The topological polar surface area (TPSA) is 75.3 Å². The van der Waals surface area contributed by atoms with Crippen LogP contribution >= 0.6 is 0 Å². The van der Waals surface area contributed by atoms with E-state index < -0.39 is 16.1 Å². The lowest BCUT2D eigenvalue weighted by Gasteiger charge is -2.16. The van der Waals surface area contributed by atoms with Gasteiger partial charge in [-0.2, -0.15) is 4.72 Å². The summed E-state index contributed by atoms with van der Waals surface area (Å²) in [5, 5.41) is 2.80. The summed E-state index contributed by atoms with van der Waals surface area (Å²) in [7, 11) is -3.67. The molecule has 2 N–H and O–H groups in total. The largest absolute Gasteiger partial charge is 0.354 e. The Hall–Kier alpha value is -1.66. The molecular formula is C17H24N2O3S. The van der Waals surface area contributed by atoms with Crippen molar-refractivity contribution in [1.82, 2.24) is 10.0 Å². The number of rotatable bonds is 7. The fourth-order valence-corrected chi connectivity index (χ4v) is 3.81. The molecule has 6 heteroatoms. The Morgan fingerprint density at radius 3 is 2.61 bits per heavy atom. The average molecular weight is 336 g/mol. The zero-order valence-electron chi connectivity index (χ0n) is 13.4. The first-order valence-electron chi connectivity index (χ1n) is 8.02. The third kappa shape index (κ3) is 5.48. The van der Waals surface area contributed by atoms with Crippen LogP contribution in [0.5, 0.6) is 0 Å². The van der Waals surface area contributed by atoms with Crippen molar-refractivity contribution in [3.05, 3.63) is 42.0 Å². The van der Waals surface area contributed by atoms with Gasteiger partial charge in [0.2, 0.25) is 15.9 Å². The summed E-state index contributed by atoms with van der Waals surface area (Å²) in [4.78, 5) is 12.2. The van der Waals surface area contributed by atoms with Crippen molar-refractivity contribution in [3.63, 3.8) is 0 Å². The molecule has 0 bridgehead atoms. The molecule has 1 amide bonds. The zero-order chi connectivity index (χ0) is 16.7. The Labute approximate surface area is 138 Å². The molecule has 1 aromatic carbocycles. The maximum absolute atomic E-state index is 12.2. The van der Waals surface area contributed by atoms with E-state index in [1.165, 1.54) is 30.5 Å². The number of nitrogens with one attached hydrogen (secondary N) is 2. The molecule has 0 saturated carbocycles. The Bertz CT molecular complexity index is 654. The number of allylic oxidation sites excluding steroid dienone is 1. The standard InChI is InChI=1S/C17H24N2O3S/c1-14(19-23(21,22)16-10-6-3-7-11-16)17(20)18-13-12-15-8-4-2-5-9-15/h3,6-8,10-11,14,19H,2,4-5,9,12-13H2,1H3,(H,18,20). The van der Waals surface area contributed by atoms with E-state index in [2.05, 4.69) is 16.1 Å². The molecule has 23 heavy (non-hydrogen) atoms. The molecule has 1 unspecified atom stereocenters. The number of carbonyl (C=O) groups excluding carboxylic acids is 1. The molecular weight excluding hydrogens is 312 g/mol. The summed E-state index contributed by atoms with van der Waals surface area (Å²) >= 11 is 0.